The normalized spacial score (nSPS) is 17.0. The molecule has 7 heterocycles. The van der Waals surface area contributed by atoms with Crippen LogP contribution in [0.3, 0.4) is 0 Å². The number of nitrogens with one attached hydrogen (secondary N) is 1. The topological polar surface area (TPSA) is 143 Å². The number of fused-ring (bicyclic) bond motifs is 4. The number of benzene rings is 4. The molecule has 0 saturated carbocycles. The van der Waals surface area contributed by atoms with E-state index in [0.717, 1.165) is 95.4 Å². The van der Waals surface area contributed by atoms with Crippen molar-refractivity contribution in [3.8, 4) is 0 Å². The molecule has 3 saturated heterocycles. The number of anilines is 2. The van der Waals surface area contributed by atoms with Gasteiger partial charge in [0, 0.05) is 80.3 Å². The molecule has 1 amide bonds. The van der Waals surface area contributed by atoms with Crippen molar-refractivity contribution in [3.05, 3.63) is 119 Å². The third-order valence-corrected chi connectivity index (χ3v) is 13.6. The van der Waals surface area contributed by atoms with E-state index in [9.17, 15) is 4.79 Å². The van der Waals surface area contributed by atoms with Gasteiger partial charge < -0.3 is 24.2 Å². The Morgan fingerprint density at radius 3 is 1.94 bits per heavy atom. The zero-order valence-electron chi connectivity index (χ0n) is 39.5. The molecule has 1 atom stereocenters. The van der Waals surface area contributed by atoms with Gasteiger partial charge in [-0.2, -0.15) is 10.2 Å². The number of hydrogen-bond acceptors (Lipinski definition) is 11. The number of amides is 1. The molecule has 1 unspecified atom stereocenters. The largest absolute Gasteiger partial charge is 0.444 e. The number of aryl methyl sites for hydroxylation is 2. The van der Waals surface area contributed by atoms with Gasteiger partial charge in [0.15, 0.2) is 6.23 Å². The van der Waals surface area contributed by atoms with E-state index in [1.807, 2.05) is 33.2 Å². The quantitative estimate of drug-likeness (QED) is 0.163. The van der Waals surface area contributed by atoms with E-state index in [1.165, 1.54) is 64.3 Å². The summed E-state index contributed by atoms with van der Waals surface area (Å²) in [5.41, 5.74) is 11.2. The monoisotopic (exact) mass is 899 g/mol. The van der Waals surface area contributed by atoms with E-state index in [4.69, 9.17) is 19.6 Å². The number of nitrogens with zero attached hydrogens (tertiary/aromatic N) is 10. The Labute approximate surface area is 391 Å². The maximum atomic E-state index is 12.5. The van der Waals surface area contributed by atoms with Gasteiger partial charge in [0.25, 0.3) is 0 Å². The maximum Gasteiger partial charge on any atom is 0.410 e. The van der Waals surface area contributed by atoms with Crippen molar-refractivity contribution < 1.29 is 14.3 Å². The maximum absolute atomic E-state index is 12.5. The highest BCUT2D eigenvalue weighted by Crippen LogP contribution is 2.34. The van der Waals surface area contributed by atoms with Crippen LogP contribution in [-0.4, -0.2) is 102 Å². The highest BCUT2D eigenvalue weighted by molar-refractivity contribution is 5.94. The summed E-state index contributed by atoms with van der Waals surface area (Å²) >= 11 is 0. The summed E-state index contributed by atoms with van der Waals surface area (Å²) in [4.78, 5) is 37.7. The lowest BCUT2D eigenvalue weighted by molar-refractivity contribution is -0.0366. The molecule has 67 heavy (non-hydrogen) atoms. The first-order valence-corrected chi connectivity index (χ1v) is 24.0. The third kappa shape index (κ3) is 9.23. The number of carbonyl (C=O) groups excluding carboxylic acids is 1. The minimum absolute atomic E-state index is 0.00504. The molecule has 3 aliphatic rings. The Bertz CT molecular complexity index is 3040. The molecule has 0 spiro atoms. The number of H-pyrrole nitrogens is 1. The number of aromatic amines is 1. The summed E-state index contributed by atoms with van der Waals surface area (Å²) in [7, 11) is 0. The van der Waals surface area contributed by atoms with Crippen molar-refractivity contribution in [1.82, 2.24) is 44.8 Å². The van der Waals surface area contributed by atoms with Crippen LogP contribution in [-0.2, 0) is 22.3 Å². The highest BCUT2D eigenvalue weighted by atomic mass is 16.6. The number of hydrogen-bond donors (Lipinski definition) is 1. The van der Waals surface area contributed by atoms with E-state index >= 15 is 0 Å². The average molecular weight is 900 g/mol. The SMILES string of the molecule is Cc1ccc2[nH]ncc2c1Cc1cccc2c(N3CCCCC3)ncnc12.Cc1ccc2c(cnn2C2CCCCO2)c1Cc1cccc2c(N3CCN(C(=O)OC(C)(C)C)CC3)ncnc12. The zero-order chi connectivity index (χ0) is 46.1. The molecule has 0 aliphatic carbocycles. The fourth-order valence-corrected chi connectivity index (χ4v) is 10.1. The minimum Gasteiger partial charge on any atom is -0.444 e. The number of piperazine rings is 1. The molecule has 0 bridgehead atoms. The molecular weight excluding hydrogens is 839 g/mol. The van der Waals surface area contributed by atoms with E-state index in [-0.39, 0.29) is 12.3 Å². The van der Waals surface area contributed by atoms with Gasteiger partial charge in [0.1, 0.15) is 29.9 Å². The Hall–Kier alpha value is -6.67. The number of piperidine rings is 1. The Morgan fingerprint density at radius 2 is 1.31 bits per heavy atom. The average Bonchev–Trinajstić information content (AvgIpc) is 4.02. The van der Waals surface area contributed by atoms with Crippen LogP contribution in [0, 0.1) is 13.8 Å². The Morgan fingerprint density at radius 1 is 0.687 bits per heavy atom. The summed E-state index contributed by atoms with van der Waals surface area (Å²) in [6.07, 6.45) is 15.7. The van der Waals surface area contributed by atoms with Crippen molar-refractivity contribution in [3.63, 3.8) is 0 Å². The molecule has 346 valence electrons. The number of carbonyl (C=O) groups is 1. The molecule has 14 heteroatoms. The molecule has 4 aromatic heterocycles. The molecular formula is C53H61N11O3. The zero-order valence-corrected chi connectivity index (χ0v) is 39.5. The van der Waals surface area contributed by atoms with Crippen LogP contribution >= 0.6 is 0 Å². The van der Waals surface area contributed by atoms with Crippen LogP contribution in [0.1, 0.15) is 98.9 Å². The smallest absolute Gasteiger partial charge is 0.410 e. The fraction of sp³-hybridized carbons (Fsp3) is 0.415. The van der Waals surface area contributed by atoms with Gasteiger partial charge in [-0.25, -0.2) is 29.4 Å². The van der Waals surface area contributed by atoms with Gasteiger partial charge in [0.2, 0.25) is 0 Å². The van der Waals surface area contributed by atoms with Crippen molar-refractivity contribution in [2.45, 2.75) is 97.8 Å². The van der Waals surface area contributed by atoms with Crippen LogP contribution in [0.5, 0.6) is 0 Å². The molecule has 0 radical (unpaired) electrons. The van der Waals surface area contributed by atoms with Crippen LogP contribution in [0.25, 0.3) is 43.6 Å². The van der Waals surface area contributed by atoms with Crippen LogP contribution in [0.15, 0.2) is 85.7 Å². The first kappa shape index (κ1) is 44.2. The first-order valence-electron chi connectivity index (χ1n) is 24.0. The predicted molar refractivity (Wildman–Crippen MR) is 265 cm³/mol. The molecule has 14 nitrogen and oxygen atoms in total. The number of ether oxygens (including phenoxy) is 2. The summed E-state index contributed by atoms with van der Waals surface area (Å²) in [6.45, 7) is 15.5. The van der Waals surface area contributed by atoms with Gasteiger partial charge in [0.05, 0.1) is 34.5 Å². The Kier molecular flexibility index (Phi) is 12.5. The summed E-state index contributed by atoms with van der Waals surface area (Å²) in [5.74, 6) is 1.99. The highest BCUT2D eigenvalue weighted by Gasteiger charge is 2.28. The molecule has 8 aromatic rings. The second-order valence-electron chi connectivity index (χ2n) is 19.3. The second-order valence-corrected chi connectivity index (χ2v) is 19.3. The van der Waals surface area contributed by atoms with Crippen LogP contribution in [0.2, 0.25) is 0 Å². The minimum atomic E-state index is -0.501. The van der Waals surface area contributed by atoms with Crippen molar-refractivity contribution in [2.75, 3.05) is 55.7 Å². The van der Waals surface area contributed by atoms with Gasteiger partial charge in [-0.1, -0.05) is 36.4 Å². The van der Waals surface area contributed by atoms with Crippen LogP contribution < -0.4 is 9.80 Å². The van der Waals surface area contributed by atoms with Gasteiger partial charge in [-0.3, -0.25) is 5.10 Å². The predicted octanol–water partition coefficient (Wildman–Crippen LogP) is 10.0. The molecule has 11 rings (SSSR count). The third-order valence-electron chi connectivity index (χ3n) is 13.6. The van der Waals surface area contributed by atoms with E-state index in [1.54, 1.807) is 17.6 Å². The van der Waals surface area contributed by atoms with E-state index in [0.29, 0.717) is 26.2 Å². The summed E-state index contributed by atoms with van der Waals surface area (Å²) < 4.78 is 13.7. The van der Waals surface area contributed by atoms with Gasteiger partial charge >= 0.3 is 6.09 Å². The number of rotatable bonds is 7. The van der Waals surface area contributed by atoms with Gasteiger partial charge in [-0.05, 0) is 131 Å². The van der Waals surface area contributed by atoms with Gasteiger partial charge in [-0.15, -0.1) is 0 Å². The fourth-order valence-electron chi connectivity index (χ4n) is 10.1. The lowest BCUT2D eigenvalue weighted by atomic mass is 9.95. The lowest BCUT2D eigenvalue weighted by Gasteiger charge is -2.36. The molecule has 4 aromatic carbocycles. The van der Waals surface area contributed by atoms with Crippen molar-refractivity contribution >= 4 is 61.3 Å². The van der Waals surface area contributed by atoms with Crippen molar-refractivity contribution in [2.24, 2.45) is 0 Å². The van der Waals surface area contributed by atoms with E-state index in [2.05, 4.69) is 114 Å². The lowest BCUT2D eigenvalue weighted by Crippen LogP contribution is -2.50. The van der Waals surface area contributed by atoms with Crippen molar-refractivity contribution in [1.29, 1.82) is 0 Å². The first-order chi connectivity index (χ1) is 32.6. The van der Waals surface area contributed by atoms with Crippen LogP contribution in [0.4, 0.5) is 16.4 Å². The Balaban J connectivity index is 0.000000169. The standard InChI is InChI=1S/C31H38N6O3.C22H23N5/c1-21-11-12-26-25(19-34-37(26)27-10-5-6-17-39-27)24(21)18-22-8-7-9-23-28(22)32-20-33-29(23)35-13-15-36(16-14-35)30(38)40-31(2,3)4;1-15-8-9-20-19(13-25-26-20)18(15)12-16-6-5-7-17-21(16)23-14-24-22(17)27-10-3-2-4-11-27/h7-9,11-12,19-20,27H,5-6,10,13-18H2,1-4H3;5-9,13-14H,2-4,10-12H2,1H3,(H,25,26). The molecule has 3 aliphatic heterocycles. The second kappa shape index (κ2) is 18.9. The molecule has 3 fully saturated rings. The molecule has 1 N–H and O–H groups in total. The summed E-state index contributed by atoms with van der Waals surface area (Å²) in [5, 5.41) is 16.6. The number of aromatic nitrogens is 8. The van der Waals surface area contributed by atoms with E-state index < -0.39 is 5.60 Å². The summed E-state index contributed by atoms with van der Waals surface area (Å²) in [6, 6.07) is 21.5. The number of para-hydroxylation sites is 2.